The van der Waals surface area contributed by atoms with Crippen molar-refractivity contribution in [3.8, 4) is 47.0 Å². The third-order valence-corrected chi connectivity index (χ3v) is 20.4. The monoisotopic (exact) mass is 1050 g/mol. The first-order chi connectivity index (χ1) is 37.4. The molecule has 416 valence electrons. The minimum absolute atomic E-state index is 0.0101. The van der Waals surface area contributed by atoms with E-state index in [4.69, 9.17) is 23.9 Å². The van der Waals surface area contributed by atoms with E-state index >= 15 is 4.79 Å². The molecular formula is C64H86N4O9. The molecule has 2 aromatic carbocycles. The number of anilines is 1. The van der Waals surface area contributed by atoms with Crippen LogP contribution < -0.4 is 30.2 Å². The molecular weight excluding hydrogens is 969 g/mol. The highest BCUT2D eigenvalue weighted by Gasteiger charge is 2.61. The Bertz CT molecular complexity index is 2660. The van der Waals surface area contributed by atoms with Gasteiger partial charge in [0.2, 0.25) is 11.7 Å². The number of likely N-dealkylation sites (N-methyl/N-ethyl adjacent to an activating group) is 1. The van der Waals surface area contributed by atoms with E-state index in [9.17, 15) is 20.4 Å². The molecule has 0 aromatic heterocycles. The topological polar surface area (TPSA) is 183 Å². The van der Waals surface area contributed by atoms with Crippen LogP contribution in [0, 0.1) is 82.7 Å². The van der Waals surface area contributed by atoms with Crippen molar-refractivity contribution in [2.24, 2.45) is 63.7 Å². The molecule has 5 saturated carbocycles. The molecule has 5 fully saturated rings. The van der Waals surface area contributed by atoms with Crippen molar-refractivity contribution < 1.29 is 44.2 Å². The molecule has 7 N–H and O–H groups in total. The third kappa shape index (κ3) is 10.9. The number of hydrogen-bond acceptors (Lipinski definition) is 11. The van der Waals surface area contributed by atoms with Crippen molar-refractivity contribution in [1.82, 2.24) is 10.6 Å². The maximum atomic E-state index is 15.8. The van der Waals surface area contributed by atoms with Crippen LogP contribution in [0.25, 0.3) is 0 Å². The van der Waals surface area contributed by atoms with E-state index in [1.54, 1.807) is 20.2 Å². The molecule has 8 aliphatic rings. The number of aromatic hydroxyl groups is 1. The molecule has 0 amide bonds. The number of rotatable bonds is 15. The summed E-state index contributed by atoms with van der Waals surface area (Å²) in [5.41, 5.74) is 0.394. The van der Waals surface area contributed by atoms with E-state index in [1.807, 2.05) is 25.3 Å². The average Bonchev–Trinajstić information content (AvgIpc) is 4.43. The van der Waals surface area contributed by atoms with E-state index in [-0.39, 0.29) is 66.2 Å². The third-order valence-electron chi connectivity index (χ3n) is 20.4. The Hall–Kier alpha value is -5.02. The number of methoxy groups -OCH3 is 1. The molecule has 0 radical (unpaired) electrons. The van der Waals surface area contributed by atoms with Gasteiger partial charge in [-0.15, -0.1) is 0 Å². The Morgan fingerprint density at radius 3 is 2.61 bits per heavy atom. The number of benzene rings is 2. The number of phenols is 1. The molecule has 2 aliphatic heterocycles. The minimum atomic E-state index is -0.985. The normalized spacial score (nSPS) is 35.1. The summed E-state index contributed by atoms with van der Waals surface area (Å²) in [6.45, 7) is 3.01. The predicted octanol–water partition coefficient (Wildman–Crippen LogP) is 9.71. The number of ether oxygens (including phenoxy) is 4. The van der Waals surface area contributed by atoms with Crippen LogP contribution in [0.5, 0.6) is 23.0 Å². The maximum Gasteiger partial charge on any atom is 0.207 e. The number of aliphatic hydroxyl groups is 3. The molecule has 1 spiro atoms. The van der Waals surface area contributed by atoms with Crippen molar-refractivity contribution in [1.29, 1.82) is 0 Å². The summed E-state index contributed by atoms with van der Waals surface area (Å²) in [7, 11) is 5.26. The van der Waals surface area contributed by atoms with Crippen molar-refractivity contribution >= 4 is 17.4 Å². The highest BCUT2D eigenvalue weighted by Crippen LogP contribution is 2.66. The van der Waals surface area contributed by atoms with Crippen molar-refractivity contribution in [3.05, 3.63) is 65.8 Å². The van der Waals surface area contributed by atoms with Crippen LogP contribution in [0.2, 0.25) is 0 Å². The summed E-state index contributed by atoms with van der Waals surface area (Å²) in [5, 5.41) is 53.3. The van der Waals surface area contributed by atoms with Gasteiger partial charge in [-0.25, -0.2) is 0 Å². The zero-order valence-corrected chi connectivity index (χ0v) is 46.2. The van der Waals surface area contributed by atoms with E-state index < -0.39 is 28.3 Å². The number of hydrogen-bond donors (Lipinski definition) is 7. The van der Waals surface area contributed by atoms with Gasteiger partial charge in [0.05, 0.1) is 18.4 Å². The number of allylic oxidation sites excluding steroid dienone is 4. The van der Waals surface area contributed by atoms with Crippen LogP contribution in [0.15, 0.2) is 59.6 Å². The zero-order chi connectivity index (χ0) is 53.8. The Kier molecular flexibility index (Phi) is 17.1. The number of nitrogens with one attached hydrogen (secondary N) is 3. The number of guanidine groups is 1. The van der Waals surface area contributed by atoms with Gasteiger partial charge in [0.25, 0.3) is 0 Å². The van der Waals surface area contributed by atoms with Gasteiger partial charge in [-0.05, 0) is 192 Å². The van der Waals surface area contributed by atoms with Crippen LogP contribution in [-0.4, -0.2) is 90.6 Å². The molecule has 13 heteroatoms. The van der Waals surface area contributed by atoms with Crippen molar-refractivity contribution in [2.75, 3.05) is 46.3 Å². The molecule has 10 rings (SSSR count). The number of nitrogens with zero attached hydrogens (tertiary/aromatic N) is 1. The van der Waals surface area contributed by atoms with Gasteiger partial charge < -0.3 is 50.0 Å². The van der Waals surface area contributed by atoms with Gasteiger partial charge in [-0.2, -0.15) is 0 Å². The van der Waals surface area contributed by atoms with Crippen molar-refractivity contribution in [2.45, 2.75) is 165 Å². The quantitative estimate of drug-likeness (QED) is 0.0510. The van der Waals surface area contributed by atoms with Crippen molar-refractivity contribution in [3.63, 3.8) is 0 Å². The smallest absolute Gasteiger partial charge is 0.207 e. The highest BCUT2D eigenvalue weighted by molar-refractivity contribution is 5.97. The van der Waals surface area contributed by atoms with E-state index in [1.165, 1.54) is 0 Å². The Morgan fingerprint density at radius 1 is 0.987 bits per heavy atom. The predicted molar refractivity (Wildman–Crippen MR) is 299 cm³/mol. The standard InChI is InChI=1S/C64H86N4O9/c1-5-42-18-20-48-49(16-11-30-69)51-17-9-27-64(51)47-36-53(59-56(37-47)76-62(41-65-2)39-44(13-12-32-75-59)45(40-62)35-58(73)77-61(28-31-70)24-6-7-25-61)68-60(66-3)67-29-10-15-46-14-8-26-63(46,57(72)23-21-52(64)50(48)33-42)38-43-19-22-54(71)55(34-43)74-4/h18-23,34,36-37,42,44-46,48-52,58,65,69-71,73H,5-9,11,13-17,24-28,30-31,33,35,38-41H2,1-4H3,(H2,66,67,68)/b23-21+/t42-,44+,45+,46+,48+,49-,50-,51+,52+,58+,62-,63-,64-/m0/s1. The lowest BCUT2D eigenvalue weighted by Gasteiger charge is -2.58. The summed E-state index contributed by atoms with van der Waals surface area (Å²) >= 11 is 0. The molecule has 2 heterocycles. The largest absolute Gasteiger partial charge is 0.504 e. The van der Waals surface area contributed by atoms with E-state index in [0.717, 1.165) is 101 Å². The molecule has 6 aliphatic carbocycles. The highest BCUT2D eigenvalue weighted by atomic mass is 16.6. The Morgan fingerprint density at radius 2 is 1.83 bits per heavy atom. The fourth-order valence-electron chi connectivity index (χ4n) is 17.0. The summed E-state index contributed by atoms with van der Waals surface area (Å²) in [5.74, 6) is 10.5. The molecule has 13 atom stereocenters. The number of ketones is 1. The Balaban J connectivity index is 1.12. The average molecular weight is 1060 g/mol. The number of aliphatic hydroxyl groups excluding tert-OH is 3. The van der Waals surface area contributed by atoms with Gasteiger partial charge >= 0.3 is 0 Å². The fourth-order valence-corrected chi connectivity index (χ4v) is 17.0. The minimum Gasteiger partial charge on any atom is -0.504 e. The lowest BCUT2D eigenvalue weighted by Crippen LogP contribution is -2.54. The molecule has 4 bridgehead atoms. The van der Waals surface area contributed by atoms with Gasteiger partial charge in [-0.1, -0.05) is 68.7 Å². The van der Waals surface area contributed by atoms with Crippen LogP contribution in [-0.2, 0) is 21.4 Å². The van der Waals surface area contributed by atoms with Gasteiger partial charge in [0.1, 0.15) is 11.7 Å². The number of fused-ring (bicyclic) bond motifs is 9. The second-order valence-corrected chi connectivity index (χ2v) is 24.5. The lowest BCUT2D eigenvalue weighted by atomic mass is 9.46. The first-order valence-electron chi connectivity index (χ1n) is 29.4. The number of phenolic OH excluding ortho intramolecular Hbond substituents is 1. The van der Waals surface area contributed by atoms with Gasteiger partial charge in [0, 0.05) is 62.9 Å². The lowest BCUT2D eigenvalue weighted by molar-refractivity contribution is -0.197. The molecule has 2 aromatic rings. The van der Waals surface area contributed by atoms with E-state index in [2.05, 4.69) is 77.2 Å². The second-order valence-electron chi connectivity index (χ2n) is 24.5. The summed E-state index contributed by atoms with van der Waals surface area (Å²) in [6.07, 6.45) is 28.2. The maximum absolute atomic E-state index is 15.8. The van der Waals surface area contributed by atoms with Gasteiger partial charge in [-0.3, -0.25) is 15.1 Å². The summed E-state index contributed by atoms with van der Waals surface area (Å²) in [6, 6.07) is 13.2. The fraction of sp³-hybridized carbons (Fsp3) is 0.656. The molecule has 0 unspecified atom stereocenters. The molecule has 0 saturated heterocycles. The van der Waals surface area contributed by atoms with Gasteiger partial charge in [0.15, 0.2) is 29.3 Å². The second kappa shape index (κ2) is 23.7. The SMILES string of the molecule is CC[C@H]1C=C[C@H]2[C@H](C1)[C@H]1/C=C/C(=O)[C@]3(Cc4ccc(O)c(OC)c4)CCC[C@@H]3CC#CNC(=NC)Nc3cc(cc4c3OC#CC[C@@H]3C[C@@](CNC)(C[C@H]3C[C@H](O)OC3(CCO)CCCC3)O4)[C@]13CCC[C@@H]3[C@H]2CCCO. The summed E-state index contributed by atoms with van der Waals surface area (Å²) < 4.78 is 26.4. The molecule has 77 heavy (non-hydrogen) atoms. The number of aliphatic imine (C=N–C) groups is 1. The van der Waals surface area contributed by atoms with Crippen LogP contribution in [0.3, 0.4) is 0 Å². The number of carbonyl (C=O) groups is 1. The van der Waals surface area contributed by atoms with Crippen LogP contribution in [0.4, 0.5) is 5.69 Å². The Labute approximate surface area is 457 Å². The first kappa shape index (κ1) is 55.3. The zero-order valence-electron chi connectivity index (χ0n) is 46.2. The van der Waals surface area contributed by atoms with E-state index in [0.29, 0.717) is 92.2 Å². The molecule has 13 nitrogen and oxygen atoms in total. The first-order valence-corrected chi connectivity index (χ1v) is 29.4. The van der Waals surface area contributed by atoms with Crippen LogP contribution in [0.1, 0.15) is 146 Å². The summed E-state index contributed by atoms with van der Waals surface area (Å²) in [4.78, 5) is 20.5. The van der Waals surface area contributed by atoms with Crippen LogP contribution >= 0.6 is 0 Å². The number of carbonyl (C=O) groups excluding carboxylic acids is 1.